The Morgan fingerprint density at radius 3 is 2.75 bits per heavy atom. The first kappa shape index (κ1) is 12.1. The minimum absolute atomic E-state index is 0.594. The fourth-order valence-electron chi connectivity index (χ4n) is 1.16. The molecule has 0 saturated carbocycles. The monoisotopic (exact) mass is 220 g/mol. The van der Waals surface area contributed by atoms with Gasteiger partial charge in [-0.05, 0) is 25.1 Å². The van der Waals surface area contributed by atoms with Crippen molar-refractivity contribution in [3.05, 3.63) is 35.7 Å². The number of rotatable bonds is 5. The lowest BCUT2D eigenvalue weighted by atomic mass is 10.2. The van der Waals surface area contributed by atoms with Crippen molar-refractivity contribution >= 4 is 12.0 Å². The minimum Gasteiger partial charge on any atom is -0.495 e. The summed E-state index contributed by atoms with van der Waals surface area (Å²) in [5.41, 5.74) is 2.42. The van der Waals surface area contributed by atoms with Crippen LogP contribution in [0.4, 0.5) is 5.69 Å². The van der Waals surface area contributed by atoms with E-state index >= 15 is 0 Å². The average molecular weight is 220 g/mol. The van der Waals surface area contributed by atoms with E-state index in [0.717, 1.165) is 17.7 Å². The second-order valence-corrected chi connectivity index (χ2v) is 3.30. The molecule has 0 fully saturated rings. The summed E-state index contributed by atoms with van der Waals surface area (Å²) in [5.74, 6) is 0.643. The predicted octanol–water partition coefficient (Wildman–Crippen LogP) is 2.00. The second kappa shape index (κ2) is 5.80. The molecule has 0 aliphatic heterocycles. The lowest BCUT2D eigenvalue weighted by molar-refractivity contribution is 0.112. The number of allylic oxidation sites excluding steroid dienone is 1. The molecule has 0 aliphatic rings. The van der Waals surface area contributed by atoms with Crippen molar-refractivity contribution in [3.8, 4) is 5.75 Å². The Bertz CT molecular complexity index is 400. The molecule has 1 aromatic carbocycles. The maximum atomic E-state index is 10.6. The normalized spacial score (nSPS) is 10.8. The van der Waals surface area contributed by atoms with Gasteiger partial charge >= 0.3 is 0 Å². The summed E-state index contributed by atoms with van der Waals surface area (Å²) in [7, 11) is 3.42. The third-order valence-corrected chi connectivity index (χ3v) is 2.20. The maximum absolute atomic E-state index is 10.6. The first-order chi connectivity index (χ1) is 7.71. The van der Waals surface area contributed by atoms with Crippen molar-refractivity contribution in [1.82, 2.24) is 5.32 Å². The molecule has 0 aromatic heterocycles. The number of ether oxygens (including phenoxy) is 1. The van der Waals surface area contributed by atoms with Gasteiger partial charge in [0.05, 0.1) is 12.8 Å². The Kier molecular flexibility index (Phi) is 4.39. The number of benzene rings is 1. The van der Waals surface area contributed by atoms with Crippen LogP contribution in [0.25, 0.3) is 0 Å². The molecule has 2 N–H and O–H groups in total. The molecule has 0 unspecified atom stereocenters. The van der Waals surface area contributed by atoms with E-state index in [1.807, 2.05) is 26.2 Å². The van der Waals surface area contributed by atoms with Crippen LogP contribution in [0.2, 0.25) is 0 Å². The van der Waals surface area contributed by atoms with E-state index in [-0.39, 0.29) is 0 Å². The molecular weight excluding hydrogens is 204 g/mol. The van der Waals surface area contributed by atoms with Crippen LogP contribution in [0, 0.1) is 0 Å². The minimum atomic E-state index is 0.594. The summed E-state index contributed by atoms with van der Waals surface area (Å²) in [4.78, 5) is 10.6. The second-order valence-electron chi connectivity index (χ2n) is 3.30. The molecule has 0 spiro atoms. The van der Waals surface area contributed by atoms with E-state index in [4.69, 9.17) is 4.74 Å². The predicted molar refractivity (Wildman–Crippen MR) is 64.8 cm³/mol. The molecule has 4 nitrogen and oxygen atoms in total. The summed E-state index contributed by atoms with van der Waals surface area (Å²) < 4.78 is 5.18. The van der Waals surface area contributed by atoms with Gasteiger partial charge in [0.2, 0.25) is 0 Å². The van der Waals surface area contributed by atoms with Gasteiger partial charge < -0.3 is 15.4 Å². The largest absolute Gasteiger partial charge is 0.495 e. The van der Waals surface area contributed by atoms with Crippen LogP contribution in [-0.2, 0) is 0 Å². The van der Waals surface area contributed by atoms with E-state index in [0.29, 0.717) is 11.3 Å². The van der Waals surface area contributed by atoms with Gasteiger partial charge in [0.1, 0.15) is 12.0 Å². The molecule has 0 radical (unpaired) electrons. The van der Waals surface area contributed by atoms with Crippen molar-refractivity contribution in [3.63, 3.8) is 0 Å². The van der Waals surface area contributed by atoms with Crippen LogP contribution in [0.3, 0.4) is 0 Å². The third kappa shape index (κ3) is 3.02. The Balaban J connectivity index is 2.91. The van der Waals surface area contributed by atoms with Crippen LogP contribution >= 0.6 is 0 Å². The highest BCUT2D eigenvalue weighted by Crippen LogP contribution is 2.24. The molecule has 1 rings (SSSR count). The molecule has 16 heavy (non-hydrogen) atoms. The van der Waals surface area contributed by atoms with E-state index in [2.05, 4.69) is 10.6 Å². The number of anilines is 1. The van der Waals surface area contributed by atoms with Gasteiger partial charge in [0, 0.05) is 24.5 Å². The summed E-state index contributed by atoms with van der Waals surface area (Å²) in [6, 6.07) is 5.24. The van der Waals surface area contributed by atoms with Gasteiger partial charge in [-0.2, -0.15) is 0 Å². The fraction of sp³-hybridized carbons (Fsp3) is 0.250. The zero-order valence-electron chi connectivity index (χ0n) is 9.70. The van der Waals surface area contributed by atoms with Crippen LogP contribution in [0.1, 0.15) is 17.3 Å². The first-order valence-corrected chi connectivity index (χ1v) is 4.95. The van der Waals surface area contributed by atoms with E-state index in [1.54, 1.807) is 19.2 Å². The SMILES string of the molecule is CN/C(C)=C\Nc1ccc(C=O)cc1OC. The van der Waals surface area contributed by atoms with Gasteiger partial charge in [-0.25, -0.2) is 0 Å². The fourth-order valence-corrected chi connectivity index (χ4v) is 1.16. The van der Waals surface area contributed by atoms with E-state index in [1.165, 1.54) is 0 Å². The molecule has 0 bridgehead atoms. The van der Waals surface area contributed by atoms with Crippen molar-refractivity contribution in [2.24, 2.45) is 0 Å². The number of hydrogen-bond acceptors (Lipinski definition) is 4. The summed E-state index contributed by atoms with van der Waals surface area (Å²) in [5, 5.41) is 6.10. The molecule has 0 heterocycles. The van der Waals surface area contributed by atoms with Gasteiger partial charge in [0.15, 0.2) is 0 Å². The van der Waals surface area contributed by atoms with Gasteiger partial charge in [-0.15, -0.1) is 0 Å². The molecule has 1 aromatic rings. The van der Waals surface area contributed by atoms with Crippen LogP contribution in [0.15, 0.2) is 30.1 Å². The van der Waals surface area contributed by atoms with Crippen LogP contribution < -0.4 is 15.4 Å². The number of aldehydes is 1. The summed E-state index contributed by atoms with van der Waals surface area (Å²) in [6.07, 6.45) is 2.62. The Labute approximate surface area is 95.3 Å². The van der Waals surface area contributed by atoms with Crippen LogP contribution in [-0.4, -0.2) is 20.4 Å². The highest BCUT2D eigenvalue weighted by molar-refractivity contribution is 5.78. The number of carbonyl (C=O) groups excluding carboxylic acids is 1. The summed E-state index contributed by atoms with van der Waals surface area (Å²) >= 11 is 0. The maximum Gasteiger partial charge on any atom is 0.150 e. The highest BCUT2D eigenvalue weighted by atomic mass is 16.5. The van der Waals surface area contributed by atoms with Crippen molar-refractivity contribution < 1.29 is 9.53 Å². The van der Waals surface area contributed by atoms with Gasteiger partial charge in [-0.3, -0.25) is 4.79 Å². The standard InChI is InChI=1S/C12H16N2O2/c1-9(13-2)7-14-11-5-4-10(8-15)6-12(11)16-3/h4-8,13-14H,1-3H3/b9-7-. The molecule has 4 heteroatoms. The highest BCUT2D eigenvalue weighted by Gasteiger charge is 2.02. The Morgan fingerprint density at radius 1 is 1.44 bits per heavy atom. The molecule has 86 valence electrons. The lowest BCUT2D eigenvalue weighted by Crippen LogP contribution is -2.04. The third-order valence-electron chi connectivity index (χ3n) is 2.20. The number of carbonyl (C=O) groups is 1. The summed E-state index contributed by atoms with van der Waals surface area (Å²) in [6.45, 7) is 1.94. The average Bonchev–Trinajstić information content (AvgIpc) is 2.35. The molecule has 0 saturated heterocycles. The number of hydrogen-bond donors (Lipinski definition) is 2. The van der Waals surface area contributed by atoms with Crippen molar-refractivity contribution in [2.75, 3.05) is 19.5 Å². The zero-order valence-corrected chi connectivity index (χ0v) is 9.70. The quantitative estimate of drug-likeness (QED) is 0.745. The molecule has 0 atom stereocenters. The van der Waals surface area contributed by atoms with Gasteiger partial charge in [0.25, 0.3) is 0 Å². The topological polar surface area (TPSA) is 50.4 Å². The Morgan fingerprint density at radius 2 is 2.19 bits per heavy atom. The first-order valence-electron chi connectivity index (χ1n) is 4.95. The van der Waals surface area contributed by atoms with Crippen molar-refractivity contribution in [1.29, 1.82) is 0 Å². The Hall–Kier alpha value is -1.97. The molecule has 0 amide bonds. The lowest BCUT2D eigenvalue weighted by Gasteiger charge is -2.09. The zero-order chi connectivity index (χ0) is 12.0. The number of methoxy groups -OCH3 is 1. The van der Waals surface area contributed by atoms with Crippen molar-refractivity contribution in [2.45, 2.75) is 6.92 Å². The smallest absolute Gasteiger partial charge is 0.150 e. The van der Waals surface area contributed by atoms with E-state index in [9.17, 15) is 4.79 Å². The molecular formula is C12H16N2O2. The number of nitrogens with one attached hydrogen (secondary N) is 2. The molecule has 0 aliphatic carbocycles. The van der Waals surface area contributed by atoms with E-state index < -0.39 is 0 Å². The van der Waals surface area contributed by atoms with Gasteiger partial charge in [-0.1, -0.05) is 0 Å². The van der Waals surface area contributed by atoms with Crippen LogP contribution in [0.5, 0.6) is 5.75 Å².